The van der Waals surface area contributed by atoms with Crippen molar-refractivity contribution in [3.05, 3.63) is 58.2 Å². The van der Waals surface area contributed by atoms with E-state index < -0.39 is 0 Å². The van der Waals surface area contributed by atoms with E-state index in [1.54, 1.807) is 24.3 Å². The Balaban J connectivity index is 1.97. The van der Waals surface area contributed by atoms with E-state index in [0.717, 1.165) is 12.0 Å². The van der Waals surface area contributed by atoms with Crippen molar-refractivity contribution in [1.82, 2.24) is 15.6 Å². The first-order valence-corrected chi connectivity index (χ1v) is 9.93. The summed E-state index contributed by atoms with van der Waals surface area (Å²) in [5, 5.41) is 6.74. The zero-order valence-electron chi connectivity index (χ0n) is 15.0. The summed E-state index contributed by atoms with van der Waals surface area (Å²) in [7, 11) is 0. The highest BCUT2D eigenvalue weighted by molar-refractivity contribution is 7.98. The third-order valence-electron chi connectivity index (χ3n) is 3.92. The average molecular weight is 392 g/mol. The minimum absolute atomic E-state index is 0.0909. The van der Waals surface area contributed by atoms with Crippen LogP contribution in [0.3, 0.4) is 0 Å². The first-order valence-electron chi connectivity index (χ1n) is 8.33. The number of rotatable bonds is 7. The SMILES string of the molecule is CCC(C)NC(=O)c1ccc(CNC(=O)c2ccc(Cl)nc2SC)cc1. The van der Waals surface area contributed by atoms with Crippen molar-refractivity contribution >= 4 is 35.2 Å². The van der Waals surface area contributed by atoms with E-state index in [0.29, 0.717) is 27.9 Å². The number of hydrogen-bond acceptors (Lipinski definition) is 4. The van der Waals surface area contributed by atoms with Gasteiger partial charge in [0.25, 0.3) is 11.8 Å². The molecular weight excluding hydrogens is 370 g/mol. The van der Waals surface area contributed by atoms with Crippen LogP contribution >= 0.6 is 23.4 Å². The molecule has 1 heterocycles. The molecule has 5 nitrogen and oxygen atoms in total. The van der Waals surface area contributed by atoms with Crippen LogP contribution in [0.4, 0.5) is 0 Å². The molecule has 0 spiro atoms. The van der Waals surface area contributed by atoms with E-state index in [1.807, 2.05) is 32.2 Å². The number of carbonyl (C=O) groups excluding carboxylic acids is 2. The topological polar surface area (TPSA) is 71.1 Å². The van der Waals surface area contributed by atoms with E-state index in [1.165, 1.54) is 11.8 Å². The van der Waals surface area contributed by atoms with Crippen molar-refractivity contribution < 1.29 is 9.59 Å². The van der Waals surface area contributed by atoms with Crippen molar-refractivity contribution in [2.24, 2.45) is 0 Å². The molecule has 1 atom stereocenters. The minimum atomic E-state index is -0.211. The molecule has 0 bridgehead atoms. The van der Waals surface area contributed by atoms with Crippen LogP contribution in [-0.2, 0) is 6.54 Å². The van der Waals surface area contributed by atoms with Crippen LogP contribution in [0.25, 0.3) is 0 Å². The predicted octanol–water partition coefficient (Wildman–Crippen LogP) is 3.92. The lowest BCUT2D eigenvalue weighted by Gasteiger charge is -2.12. The Labute approximate surface area is 162 Å². The van der Waals surface area contributed by atoms with E-state index in [-0.39, 0.29) is 17.9 Å². The van der Waals surface area contributed by atoms with Gasteiger partial charge >= 0.3 is 0 Å². The first kappa shape index (κ1) is 20.3. The molecule has 2 N–H and O–H groups in total. The Morgan fingerprint density at radius 2 is 1.85 bits per heavy atom. The van der Waals surface area contributed by atoms with Gasteiger partial charge in [-0.1, -0.05) is 30.7 Å². The van der Waals surface area contributed by atoms with E-state index in [4.69, 9.17) is 11.6 Å². The van der Waals surface area contributed by atoms with Crippen molar-refractivity contribution in [1.29, 1.82) is 0 Å². The summed E-state index contributed by atoms with van der Waals surface area (Å²) in [6.07, 6.45) is 2.73. The van der Waals surface area contributed by atoms with Crippen LogP contribution in [0.2, 0.25) is 5.15 Å². The highest BCUT2D eigenvalue weighted by Gasteiger charge is 2.13. The zero-order valence-corrected chi connectivity index (χ0v) is 16.6. The Bertz CT molecular complexity index is 781. The second-order valence-electron chi connectivity index (χ2n) is 5.85. The highest BCUT2D eigenvalue weighted by Crippen LogP contribution is 2.20. The van der Waals surface area contributed by atoms with Crippen molar-refractivity contribution in [3.63, 3.8) is 0 Å². The minimum Gasteiger partial charge on any atom is -0.350 e. The van der Waals surface area contributed by atoms with Crippen LogP contribution < -0.4 is 10.6 Å². The summed E-state index contributed by atoms with van der Waals surface area (Å²) in [5.41, 5.74) is 2.00. The maximum atomic E-state index is 12.4. The third kappa shape index (κ3) is 5.47. The van der Waals surface area contributed by atoms with Crippen LogP contribution in [0.5, 0.6) is 0 Å². The Morgan fingerprint density at radius 1 is 1.15 bits per heavy atom. The summed E-state index contributed by atoms with van der Waals surface area (Å²) in [6.45, 7) is 4.36. The normalized spacial score (nSPS) is 11.7. The summed E-state index contributed by atoms with van der Waals surface area (Å²) >= 11 is 7.24. The van der Waals surface area contributed by atoms with Gasteiger partial charge in [-0.05, 0) is 49.4 Å². The van der Waals surface area contributed by atoms with Crippen LogP contribution in [-0.4, -0.2) is 29.1 Å². The third-order valence-corrected chi connectivity index (χ3v) is 4.83. The van der Waals surface area contributed by atoms with E-state index >= 15 is 0 Å². The molecule has 2 amide bonds. The molecule has 2 aromatic rings. The fourth-order valence-electron chi connectivity index (χ4n) is 2.21. The highest BCUT2D eigenvalue weighted by atomic mass is 35.5. The van der Waals surface area contributed by atoms with Crippen LogP contribution in [0.15, 0.2) is 41.4 Å². The molecule has 0 aliphatic carbocycles. The molecule has 1 unspecified atom stereocenters. The molecule has 138 valence electrons. The quantitative estimate of drug-likeness (QED) is 0.554. The van der Waals surface area contributed by atoms with Crippen LogP contribution in [0.1, 0.15) is 46.5 Å². The van der Waals surface area contributed by atoms with Crippen molar-refractivity contribution in [3.8, 4) is 0 Å². The standard InChI is InChI=1S/C19H22ClN3O2S/c1-4-12(2)22-17(24)14-7-5-13(6-8-14)11-21-18(25)15-9-10-16(20)23-19(15)26-3/h5-10,12H,4,11H2,1-3H3,(H,21,25)(H,22,24). The lowest BCUT2D eigenvalue weighted by atomic mass is 10.1. The maximum absolute atomic E-state index is 12.4. The molecule has 0 radical (unpaired) electrons. The lowest BCUT2D eigenvalue weighted by molar-refractivity contribution is 0.0933. The van der Waals surface area contributed by atoms with Gasteiger partial charge in [-0.25, -0.2) is 4.98 Å². The molecule has 0 saturated carbocycles. The summed E-state index contributed by atoms with van der Waals surface area (Å²) < 4.78 is 0. The van der Waals surface area contributed by atoms with Gasteiger partial charge in [0, 0.05) is 18.2 Å². The summed E-state index contributed by atoms with van der Waals surface area (Å²) in [5.74, 6) is -0.302. The fraction of sp³-hybridized carbons (Fsp3) is 0.316. The first-order chi connectivity index (χ1) is 12.4. The van der Waals surface area contributed by atoms with Gasteiger partial charge in [0.15, 0.2) is 0 Å². The summed E-state index contributed by atoms with van der Waals surface area (Å²) in [6, 6.07) is 10.6. The summed E-state index contributed by atoms with van der Waals surface area (Å²) in [4.78, 5) is 28.6. The maximum Gasteiger partial charge on any atom is 0.254 e. The number of aromatic nitrogens is 1. The van der Waals surface area contributed by atoms with E-state index in [9.17, 15) is 9.59 Å². The van der Waals surface area contributed by atoms with Gasteiger partial charge in [-0.15, -0.1) is 11.8 Å². The molecule has 1 aromatic carbocycles. The molecule has 7 heteroatoms. The molecule has 2 rings (SSSR count). The van der Waals surface area contributed by atoms with Gasteiger partial charge in [0.05, 0.1) is 5.56 Å². The molecule has 0 fully saturated rings. The molecule has 0 aliphatic heterocycles. The number of halogens is 1. The smallest absolute Gasteiger partial charge is 0.254 e. The van der Waals surface area contributed by atoms with Crippen LogP contribution in [0, 0.1) is 0 Å². The Hall–Kier alpha value is -2.05. The van der Waals surface area contributed by atoms with Gasteiger partial charge in [0.1, 0.15) is 10.2 Å². The average Bonchev–Trinajstić information content (AvgIpc) is 2.66. The van der Waals surface area contributed by atoms with Gasteiger partial charge < -0.3 is 10.6 Å². The number of hydrogen-bond donors (Lipinski definition) is 2. The van der Waals surface area contributed by atoms with Gasteiger partial charge in [-0.3, -0.25) is 9.59 Å². The monoisotopic (exact) mass is 391 g/mol. The predicted molar refractivity (Wildman–Crippen MR) is 106 cm³/mol. The van der Waals surface area contributed by atoms with Gasteiger partial charge in [-0.2, -0.15) is 0 Å². The second-order valence-corrected chi connectivity index (χ2v) is 7.04. The number of carbonyl (C=O) groups is 2. The Kier molecular flexibility index (Phi) is 7.48. The molecule has 1 aromatic heterocycles. The number of amides is 2. The molecule has 26 heavy (non-hydrogen) atoms. The second kappa shape index (κ2) is 9.59. The van der Waals surface area contributed by atoms with Gasteiger partial charge in [0.2, 0.25) is 0 Å². The van der Waals surface area contributed by atoms with E-state index in [2.05, 4.69) is 15.6 Å². The molecule has 0 saturated heterocycles. The molecule has 0 aliphatic rings. The fourth-order valence-corrected chi connectivity index (χ4v) is 2.97. The Morgan fingerprint density at radius 3 is 2.46 bits per heavy atom. The van der Waals surface area contributed by atoms with Crippen molar-refractivity contribution in [2.75, 3.05) is 6.26 Å². The number of thioether (sulfide) groups is 1. The number of benzene rings is 1. The number of nitrogens with zero attached hydrogens (tertiary/aromatic N) is 1. The van der Waals surface area contributed by atoms with Crippen molar-refractivity contribution in [2.45, 2.75) is 37.9 Å². The largest absolute Gasteiger partial charge is 0.350 e. The zero-order chi connectivity index (χ0) is 19.1. The lowest BCUT2D eigenvalue weighted by Crippen LogP contribution is -2.31. The number of nitrogens with one attached hydrogen (secondary N) is 2. The molecular formula is C19H22ClN3O2S. The number of pyridine rings is 1.